The Morgan fingerprint density at radius 2 is 2.19 bits per heavy atom. The van der Waals surface area contributed by atoms with Crippen LogP contribution >= 0.6 is 0 Å². The van der Waals surface area contributed by atoms with Gasteiger partial charge in [-0.2, -0.15) is 0 Å². The predicted octanol–water partition coefficient (Wildman–Crippen LogP) is 3.86. The summed E-state index contributed by atoms with van der Waals surface area (Å²) < 4.78 is 5.52. The van der Waals surface area contributed by atoms with Gasteiger partial charge >= 0.3 is 5.97 Å². The number of benzene rings is 1. The highest BCUT2D eigenvalue weighted by Crippen LogP contribution is 2.52. The number of piperidine rings is 1. The van der Waals surface area contributed by atoms with Gasteiger partial charge in [-0.25, -0.2) is 0 Å². The first-order chi connectivity index (χ1) is 12.5. The molecule has 1 aromatic rings. The van der Waals surface area contributed by atoms with Crippen molar-refractivity contribution in [1.29, 1.82) is 0 Å². The Kier molecular flexibility index (Phi) is 4.72. The van der Waals surface area contributed by atoms with Gasteiger partial charge in [-0.3, -0.25) is 9.69 Å². The first-order valence-corrected chi connectivity index (χ1v) is 10.2. The van der Waals surface area contributed by atoms with Crippen LogP contribution in [-0.2, 0) is 16.6 Å². The van der Waals surface area contributed by atoms with E-state index in [1.54, 1.807) is 7.11 Å². The third-order valence-corrected chi connectivity index (χ3v) is 7.25. The second-order valence-corrected chi connectivity index (χ2v) is 8.67. The van der Waals surface area contributed by atoms with Crippen LogP contribution in [0.2, 0.25) is 0 Å². The Hall–Kier alpha value is -1.55. The number of fused-ring (bicyclic) bond motifs is 4. The monoisotopic (exact) mass is 357 g/mol. The molecule has 26 heavy (non-hydrogen) atoms. The highest BCUT2D eigenvalue weighted by molar-refractivity contribution is 5.66. The molecular formula is C22H31NO3. The third kappa shape index (κ3) is 3.13. The van der Waals surface area contributed by atoms with Crippen LogP contribution in [0.1, 0.15) is 56.6 Å². The summed E-state index contributed by atoms with van der Waals surface area (Å²) in [7, 11) is 1.73. The summed E-state index contributed by atoms with van der Waals surface area (Å²) in [5.74, 6) is 1.72. The standard InChI is InChI=1S/C22H31NO3/c1-15-20-12-17-7-8-18(26-2)13-19(17)22(15,9-3-4-21(24)25)10-11-23(20)14-16-5-6-16/h7-8,13,15-16,20H,3-6,9-12,14H2,1-2H3,(H,24,25). The number of ether oxygens (including phenoxy) is 1. The lowest BCUT2D eigenvalue weighted by Gasteiger charge is -2.56. The van der Waals surface area contributed by atoms with Crippen LogP contribution in [0.15, 0.2) is 18.2 Å². The van der Waals surface area contributed by atoms with Crippen molar-refractivity contribution in [2.24, 2.45) is 11.8 Å². The normalized spacial score (nSPS) is 30.7. The quantitative estimate of drug-likeness (QED) is 0.805. The van der Waals surface area contributed by atoms with E-state index in [0.717, 1.165) is 43.9 Å². The van der Waals surface area contributed by atoms with Crippen molar-refractivity contribution in [3.8, 4) is 5.75 Å². The number of carboxylic acids is 1. The molecule has 1 heterocycles. The van der Waals surface area contributed by atoms with E-state index in [9.17, 15) is 4.79 Å². The number of aliphatic carboxylic acids is 1. The number of nitrogens with zero attached hydrogens (tertiary/aromatic N) is 1. The second kappa shape index (κ2) is 6.88. The fourth-order valence-corrected chi connectivity index (χ4v) is 5.56. The predicted molar refractivity (Wildman–Crippen MR) is 102 cm³/mol. The molecule has 1 N–H and O–H groups in total. The maximum Gasteiger partial charge on any atom is 0.303 e. The van der Waals surface area contributed by atoms with Crippen molar-refractivity contribution in [2.45, 2.75) is 63.3 Å². The fourth-order valence-electron chi connectivity index (χ4n) is 5.56. The number of hydrogen-bond donors (Lipinski definition) is 1. The highest BCUT2D eigenvalue weighted by Gasteiger charge is 2.51. The van der Waals surface area contributed by atoms with E-state index >= 15 is 0 Å². The number of carboxylic acid groups (broad SMARTS) is 1. The molecule has 0 spiro atoms. The van der Waals surface area contributed by atoms with Crippen molar-refractivity contribution < 1.29 is 14.6 Å². The first-order valence-electron chi connectivity index (χ1n) is 10.2. The molecule has 4 heteroatoms. The minimum absolute atomic E-state index is 0.0995. The zero-order chi connectivity index (χ0) is 18.3. The fraction of sp³-hybridized carbons (Fsp3) is 0.682. The molecule has 2 fully saturated rings. The molecule has 4 nitrogen and oxygen atoms in total. The Balaban J connectivity index is 1.67. The van der Waals surface area contributed by atoms with E-state index < -0.39 is 5.97 Å². The molecule has 0 amide bonds. The minimum atomic E-state index is -0.682. The average Bonchev–Trinajstić information content (AvgIpc) is 3.43. The van der Waals surface area contributed by atoms with Crippen molar-refractivity contribution >= 4 is 5.97 Å². The van der Waals surface area contributed by atoms with E-state index in [1.807, 2.05) is 0 Å². The lowest BCUT2D eigenvalue weighted by Crippen LogP contribution is -2.59. The van der Waals surface area contributed by atoms with Gasteiger partial charge in [0, 0.05) is 24.4 Å². The molecule has 142 valence electrons. The van der Waals surface area contributed by atoms with Crippen LogP contribution in [0.4, 0.5) is 0 Å². The van der Waals surface area contributed by atoms with Crippen LogP contribution in [-0.4, -0.2) is 42.2 Å². The minimum Gasteiger partial charge on any atom is -0.497 e. The largest absolute Gasteiger partial charge is 0.497 e. The van der Waals surface area contributed by atoms with Gasteiger partial charge in [0.05, 0.1) is 7.11 Å². The zero-order valence-electron chi connectivity index (χ0n) is 16.0. The summed E-state index contributed by atoms with van der Waals surface area (Å²) in [5.41, 5.74) is 2.98. The van der Waals surface area contributed by atoms with Crippen molar-refractivity contribution in [3.63, 3.8) is 0 Å². The number of hydrogen-bond acceptors (Lipinski definition) is 3. The Morgan fingerprint density at radius 3 is 2.88 bits per heavy atom. The van der Waals surface area contributed by atoms with E-state index in [1.165, 1.54) is 30.5 Å². The van der Waals surface area contributed by atoms with Gasteiger partial charge < -0.3 is 9.84 Å². The topological polar surface area (TPSA) is 49.8 Å². The van der Waals surface area contributed by atoms with Crippen LogP contribution in [0.5, 0.6) is 5.75 Å². The number of carbonyl (C=O) groups is 1. The van der Waals surface area contributed by atoms with Crippen LogP contribution in [0, 0.1) is 11.8 Å². The Bertz CT molecular complexity index is 684. The van der Waals surface area contributed by atoms with Gasteiger partial charge in [0.25, 0.3) is 0 Å². The summed E-state index contributed by atoms with van der Waals surface area (Å²) in [5, 5.41) is 9.13. The summed E-state index contributed by atoms with van der Waals surface area (Å²) in [6.45, 7) is 4.81. The molecule has 1 aliphatic heterocycles. The number of methoxy groups -OCH3 is 1. The van der Waals surface area contributed by atoms with Gasteiger partial charge in [-0.1, -0.05) is 13.0 Å². The summed E-state index contributed by atoms with van der Waals surface area (Å²) in [6.07, 6.45) is 7.04. The maximum atomic E-state index is 11.1. The molecule has 3 unspecified atom stereocenters. The Labute approximate surface area is 156 Å². The average molecular weight is 357 g/mol. The third-order valence-electron chi connectivity index (χ3n) is 7.25. The summed E-state index contributed by atoms with van der Waals surface area (Å²) in [4.78, 5) is 13.8. The van der Waals surface area contributed by atoms with Crippen molar-refractivity contribution in [2.75, 3.05) is 20.2 Å². The summed E-state index contributed by atoms with van der Waals surface area (Å²) in [6, 6.07) is 7.16. The second-order valence-electron chi connectivity index (χ2n) is 8.67. The van der Waals surface area contributed by atoms with E-state index in [2.05, 4.69) is 30.0 Å². The van der Waals surface area contributed by atoms with Crippen LogP contribution in [0.25, 0.3) is 0 Å². The van der Waals surface area contributed by atoms with Gasteiger partial charge in [-0.05, 0) is 80.2 Å². The van der Waals surface area contributed by atoms with Gasteiger partial charge in [0.2, 0.25) is 0 Å². The van der Waals surface area contributed by atoms with Gasteiger partial charge in [0.1, 0.15) is 5.75 Å². The van der Waals surface area contributed by atoms with Gasteiger partial charge in [-0.15, -0.1) is 0 Å². The molecule has 3 atom stereocenters. The highest BCUT2D eigenvalue weighted by atomic mass is 16.5. The molecule has 1 aromatic carbocycles. The smallest absolute Gasteiger partial charge is 0.303 e. The molecule has 0 aromatic heterocycles. The molecule has 2 bridgehead atoms. The zero-order valence-corrected chi connectivity index (χ0v) is 16.0. The van der Waals surface area contributed by atoms with E-state index in [4.69, 9.17) is 9.84 Å². The van der Waals surface area contributed by atoms with Crippen LogP contribution < -0.4 is 4.74 Å². The van der Waals surface area contributed by atoms with Gasteiger partial charge in [0.15, 0.2) is 0 Å². The lowest BCUT2D eigenvalue weighted by molar-refractivity contribution is -0.137. The summed E-state index contributed by atoms with van der Waals surface area (Å²) >= 11 is 0. The lowest BCUT2D eigenvalue weighted by atomic mass is 9.56. The van der Waals surface area contributed by atoms with E-state index in [-0.39, 0.29) is 11.8 Å². The maximum absolute atomic E-state index is 11.1. The van der Waals surface area contributed by atoms with E-state index in [0.29, 0.717) is 12.0 Å². The molecule has 1 saturated heterocycles. The number of rotatable bonds is 7. The van der Waals surface area contributed by atoms with Crippen LogP contribution in [0.3, 0.4) is 0 Å². The molecule has 0 radical (unpaired) electrons. The molecule has 2 aliphatic carbocycles. The first kappa shape index (κ1) is 17.8. The van der Waals surface area contributed by atoms with Crippen molar-refractivity contribution in [3.05, 3.63) is 29.3 Å². The number of likely N-dealkylation sites (tertiary alicyclic amines) is 1. The molecular weight excluding hydrogens is 326 g/mol. The molecule has 4 rings (SSSR count). The molecule has 3 aliphatic rings. The Morgan fingerprint density at radius 1 is 1.38 bits per heavy atom. The SMILES string of the molecule is COc1ccc2c(c1)C1(CCCC(=O)O)CCN(CC3CC3)C(C2)C1C. The molecule has 1 saturated carbocycles. The van der Waals surface area contributed by atoms with Crippen molar-refractivity contribution in [1.82, 2.24) is 4.90 Å².